The van der Waals surface area contributed by atoms with Crippen LogP contribution in [-0.4, -0.2) is 30.4 Å². The van der Waals surface area contributed by atoms with E-state index in [4.69, 9.17) is 11.6 Å². The minimum Gasteiger partial charge on any atom is -1.00 e. The topological polar surface area (TPSA) is 17.3 Å². The molecule has 0 atom stereocenters. The number of nitrogens with one attached hydrogen (secondary N) is 1. The Morgan fingerprint density at radius 3 is 2.71 bits per heavy atom. The third-order valence-corrected chi connectivity index (χ3v) is 4.10. The predicted molar refractivity (Wildman–Crippen MR) is 69.4 cm³/mol. The third kappa shape index (κ3) is 5.47. The van der Waals surface area contributed by atoms with Crippen molar-refractivity contribution in [1.82, 2.24) is 4.98 Å². The van der Waals surface area contributed by atoms with E-state index in [0.717, 1.165) is 10.8 Å². The maximum absolute atomic E-state index is 5.84. The molecule has 1 aromatic heterocycles. The summed E-state index contributed by atoms with van der Waals surface area (Å²) < 4.78 is 0. The molecule has 0 saturated carbocycles. The van der Waals surface area contributed by atoms with Crippen molar-refractivity contribution >= 4 is 23.4 Å². The maximum atomic E-state index is 5.84. The van der Waals surface area contributed by atoms with E-state index in [-0.39, 0.29) is 12.4 Å². The number of thioether (sulfide) groups is 1. The molecule has 1 aliphatic heterocycles. The molecule has 0 amide bonds. The smallest absolute Gasteiger partial charge is 0.130 e. The van der Waals surface area contributed by atoms with Crippen molar-refractivity contribution in [2.75, 3.05) is 25.4 Å². The molecular weight excluding hydrogens is 275 g/mol. The van der Waals surface area contributed by atoms with Gasteiger partial charge >= 0.3 is 0 Å². The average molecular weight is 293 g/mol. The predicted octanol–water partition coefficient (Wildman–Crippen LogP) is -1.10. The van der Waals surface area contributed by atoms with Gasteiger partial charge in [0.1, 0.15) is 5.15 Å². The summed E-state index contributed by atoms with van der Waals surface area (Å²) in [5.74, 6) is 1.14. The Labute approximate surface area is 119 Å². The molecule has 17 heavy (non-hydrogen) atoms. The lowest BCUT2D eigenvalue weighted by atomic mass is 10.1. The van der Waals surface area contributed by atoms with Crippen LogP contribution >= 0.6 is 23.4 Å². The lowest BCUT2D eigenvalue weighted by molar-refractivity contribution is -0.902. The number of aromatic nitrogens is 1. The molecule has 0 aromatic carbocycles. The summed E-state index contributed by atoms with van der Waals surface area (Å²) >= 11 is 7.65. The van der Waals surface area contributed by atoms with Gasteiger partial charge in [0.25, 0.3) is 0 Å². The van der Waals surface area contributed by atoms with Gasteiger partial charge in [0.05, 0.1) is 24.7 Å². The number of likely N-dealkylation sites (tertiary alicyclic amines) is 1. The molecule has 0 bridgehead atoms. The van der Waals surface area contributed by atoms with E-state index < -0.39 is 0 Å². The number of piperidine rings is 1. The van der Waals surface area contributed by atoms with Crippen LogP contribution in [0.2, 0.25) is 5.15 Å². The number of rotatable bonds is 4. The van der Waals surface area contributed by atoms with Gasteiger partial charge in [0.15, 0.2) is 0 Å². The fourth-order valence-corrected chi connectivity index (χ4v) is 3.22. The number of hydrogen-bond donors (Lipinski definition) is 1. The molecule has 1 aliphatic rings. The van der Waals surface area contributed by atoms with Crippen LogP contribution in [0.3, 0.4) is 0 Å². The average Bonchev–Trinajstić information content (AvgIpc) is 2.30. The van der Waals surface area contributed by atoms with Crippen LogP contribution in [0.1, 0.15) is 19.3 Å². The fourth-order valence-electron chi connectivity index (χ4n) is 2.07. The largest absolute Gasteiger partial charge is 1.00 e. The van der Waals surface area contributed by atoms with Crippen molar-refractivity contribution in [2.45, 2.75) is 24.3 Å². The molecule has 96 valence electrons. The van der Waals surface area contributed by atoms with Gasteiger partial charge in [-0.1, -0.05) is 17.7 Å². The maximum Gasteiger partial charge on any atom is 0.130 e. The van der Waals surface area contributed by atoms with Gasteiger partial charge in [0.2, 0.25) is 0 Å². The van der Waals surface area contributed by atoms with Crippen LogP contribution in [0, 0.1) is 0 Å². The fraction of sp³-hybridized carbons (Fsp3) is 0.583. The number of pyridine rings is 1. The van der Waals surface area contributed by atoms with Crippen molar-refractivity contribution < 1.29 is 17.3 Å². The zero-order chi connectivity index (χ0) is 11.2. The molecular formula is C12H18Cl2N2S. The summed E-state index contributed by atoms with van der Waals surface area (Å²) in [6, 6.07) is 5.81. The molecule has 5 heteroatoms. The Balaban J connectivity index is 0.00000144. The lowest BCUT2D eigenvalue weighted by Crippen LogP contribution is -3.13. The van der Waals surface area contributed by atoms with E-state index in [1.807, 2.05) is 30.0 Å². The minimum atomic E-state index is 0. The first-order valence-electron chi connectivity index (χ1n) is 5.93. The van der Waals surface area contributed by atoms with E-state index in [1.54, 1.807) is 4.90 Å². The summed E-state index contributed by atoms with van der Waals surface area (Å²) in [4.78, 5) is 6.03. The second-order valence-electron chi connectivity index (χ2n) is 4.21. The Bertz CT molecular complexity index is 330. The standard InChI is InChI=1S/C12H17ClN2S.ClH/c13-11-5-4-6-12(14-11)16-10-9-15-7-2-1-3-8-15;/h4-6H,1-3,7-10H2;1H. The minimum absolute atomic E-state index is 0. The van der Waals surface area contributed by atoms with Crippen molar-refractivity contribution in [2.24, 2.45) is 0 Å². The van der Waals surface area contributed by atoms with E-state index >= 15 is 0 Å². The third-order valence-electron chi connectivity index (χ3n) is 2.96. The van der Waals surface area contributed by atoms with Crippen molar-refractivity contribution in [3.05, 3.63) is 23.4 Å². The lowest BCUT2D eigenvalue weighted by Gasteiger charge is -2.23. The number of quaternary nitrogens is 1. The van der Waals surface area contributed by atoms with E-state index in [9.17, 15) is 0 Å². The molecule has 2 nitrogen and oxygen atoms in total. The first kappa shape index (κ1) is 15.1. The van der Waals surface area contributed by atoms with Crippen molar-refractivity contribution in [3.8, 4) is 0 Å². The van der Waals surface area contributed by atoms with E-state index in [0.29, 0.717) is 5.15 Å². The van der Waals surface area contributed by atoms with Crippen molar-refractivity contribution in [3.63, 3.8) is 0 Å². The SMILES string of the molecule is Clc1cccc(SCC[NH+]2CCCCC2)n1.[Cl-]. The molecule has 1 fully saturated rings. The Kier molecular flexibility index (Phi) is 7.28. The Morgan fingerprint density at radius 1 is 1.24 bits per heavy atom. The highest BCUT2D eigenvalue weighted by atomic mass is 35.5. The molecule has 0 aliphatic carbocycles. The van der Waals surface area contributed by atoms with E-state index in [2.05, 4.69) is 4.98 Å². The van der Waals surface area contributed by atoms with Gasteiger partial charge in [-0.25, -0.2) is 4.98 Å². The van der Waals surface area contributed by atoms with Crippen LogP contribution in [0.25, 0.3) is 0 Å². The van der Waals surface area contributed by atoms with Crippen LogP contribution < -0.4 is 17.3 Å². The number of hydrogen-bond acceptors (Lipinski definition) is 2. The van der Waals surface area contributed by atoms with Crippen LogP contribution in [0.15, 0.2) is 23.2 Å². The highest BCUT2D eigenvalue weighted by Gasteiger charge is 2.12. The Hall–Kier alpha value is 0.0400. The van der Waals surface area contributed by atoms with Gasteiger partial charge < -0.3 is 17.3 Å². The molecule has 1 saturated heterocycles. The second-order valence-corrected chi connectivity index (χ2v) is 5.71. The molecule has 2 heterocycles. The highest BCUT2D eigenvalue weighted by Crippen LogP contribution is 2.16. The summed E-state index contributed by atoms with van der Waals surface area (Å²) in [5.41, 5.74) is 0. The summed E-state index contributed by atoms with van der Waals surface area (Å²) in [6.45, 7) is 3.95. The number of nitrogens with zero attached hydrogens (tertiary/aromatic N) is 1. The highest BCUT2D eigenvalue weighted by molar-refractivity contribution is 7.99. The second kappa shape index (κ2) is 8.20. The van der Waals surface area contributed by atoms with Crippen LogP contribution in [0.5, 0.6) is 0 Å². The zero-order valence-electron chi connectivity index (χ0n) is 9.79. The molecule has 0 unspecified atom stereocenters. The summed E-state index contributed by atoms with van der Waals surface area (Å²) in [6.07, 6.45) is 4.22. The van der Waals surface area contributed by atoms with E-state index in [1.165, 1.54) is 38.9 Å². The first-order chi connectivity index (χ1) is 7.84. The Morgan fingerprint density at radius 2 is 2.00 bits per heavy atom. The monoisotopic (exact) mass is 292 g/mol. The molecule has 0 radical (unpaired) electrons. The van der Waals surface area contributed by atoms with Crippen LogP contribution in [0.4, 0.5) is 0 Å². The summed E-state index contributed by atoms with van der Waals surface area (Å²) in [5, 5.41) is 1.64. The number of halogens is 2. The summed E-state index contributed by atoms with van der Waals surface area (Å²) in [7, 11) is 0. The first-order valence-corrected chi connectivity index (χ1v) is 7.30. The zero-order valence-corrected chi connectivity index (χ0v) is 12.1. The van der Waals surface area contributed by atoms with Gasteiger partial charge in [-0.05, 0) is 31.4 Å². The van der Waals surface area contributed by atoms with Crippen molar-refractivity contribution in [1.29, 1.82) is 0 Å². The van der Waals surface area contributed by atoms with Gasteiger partial charge in [-0.15, -0.1) is 11.8 Å². The van der Waals surface area contributed by atoms with Gasteiger partial charge in [-0.3, -0.25) is 0 Å². The molecule has 0 spiro atoms. The quantitative estimate of drug-likeness (QED) is 0.561. The van der Waals surface area contributed by atoms with Gasteiger partial charge in [0, 0.05) is 5.75 Å². The molecule has 1 N–H and O–H groups in total. The molecule has 1 aromatic rings. The molecule has 2 rings (SSSR count). The van der Waals surface area contributed by atoms with Gasteiger partial charge in [-0.2, -0.15) is 0 Å². The normalized spacial score (nSPS) is 16.5. The van der Waals surface area contributed by atoms with Crippen LogP contribution in [-0.2, 0) is 0 Å².